The van der Waals surface area contributed by atoms with E-state index < -0.39 is 0 Å². The zero-order valence-corrected chi connectivity index (χ0v) is 11.1. The van der Waals surface area contributed by atoms with Crippen molar-refractivity contribution in [3.8, 4) is 0 Å². The van der Waals surface area contributed by atoms with Crippen LogP contribution in [-0.4, -0.2) is 55.2 Å². The summed E-state index contributed by atoms with van der Waals surface area (Å²) in [6.07, 6.45) is 7.46. The van der Waals surface area contributed by atoms with Crippen molar-refractivity contribution in [1.82, 2.24) is 4.90 Å². The third-order valence-electron chi connectivity index (χ3n) is 4.33. The molecule has 18 heavy (non-hydrogen) atoms. The minimum absolute atomic E-state index is 0.242. The van der Waals surface area contributed by atoms with Gasteiger partial charge in [0.25, 0.3) is 0 Å². The van der Waals surface area contributed by atoms with Gasteiger partial charge < -0.3 is 14.6 Å². The van der Waals surface area contributed by atoms with E-state index in [1.54, 1.807) is 0 Å². The normalized spacial score (nSPS) is 34.4. The number of aliphatic hydroxyl groups excluding tert-OH is 1. The lowest BCUT2D eigenvalue weighted by atomic mass is 9.82. The molecule has 2 heterocycles. The van der Waals surface area contributed by atoms with Crippen LogP contribution in [0.5, 0.6) is 0 Å². The van der Waals surface area contributed by atoms with Gasteiger partial charge in [0.15, 0.2) is 0 Å². The van der Waals surface area contributed by atoms with Crippen LogP contribution in [0.2, 0.25) is 0 Å². The lowest BCUT2D eigenvalue weighted by molar-refractivity contribution is -0.126. The quantitative estimate of drug-likeness (QED) is 0.750. The first-order valence-electron chi connectivity index (χ1n) is 7.19. The molecule has 104 valence electrons. The van der Waals surface area contributed by atoms with E-state index in [-0.39, 0.29) is 12.0 Å². The van der Waals surface area contributed by atoms with Crippen molar-refractivity contribution >= 4 is 6.29 Å². The predicted octanol–water partition coefficient (Wildman–Crippen LogP) is 1.22. The molecule has 0 aromatic heterocycles. The van der Waals surface area contributed by atoms with Crippen LogP contribution >= 0.6 is 0 Å². The summed E-state index contributed by atoms with van der Waals surface area (Å²) >= 11 is 0. The molecule has 0 radical (unpaired) electrons. The van der Waals surface area contributed by atoms with E-state index >= 15 is 0 Å². The van der Waals surface area contributed by atoms with Crippen molar-refractivity contribution in [2.75, 3.05) is 32.9 Å². The summed E-state index contributed by atoms with van der Waals surface area (Å²) in [6.45, 7) is 3.46. The van der Waals surface area contributed by atoms with Gasteiger partial charge in [0.05, 0.1) is 12.0 Å². The van der Waals surface area contributed by atoms with Gasteiger partial charge in [-0.05, 0) is 38.6 Å². The fourth-order valence-electron chi connectivity index (χ4n) is 3.28. The summed E-state index contributed by atoms with van der Waals surface area (Å²) in [7, 11) is 0. The molecule has 0 saturated carbocycles. The maximum Gasteiger partial charge on any atom is 0.129 e. The molecule has 2 rings (SSSR count). The van der Waals surface area contributed by atoms with Crippen LogP contribution < -0.4 is 0 Å². The number of nitrogens with zero attached hydrogens (tertiary/aromatic N) is 1. The van der Waals surface area contributed by atoms with Crippen molar-refractivity contribution < 1.29 is 14.6 Å². The number of carbonyl (C=O) groups excluding carboxylic acids is 1. The maximum atomic E-state index is 11.5. The van der Waals surface area contributed by atoms with E-state index in [9.17, 15) is 4.79 Å². The Bertz CT molecular complexity index is 262. The van der Waals surface area contributed by atoms with Gasteiger partial charge in [-0.3, -0.25) is 4.90 Å². The lowest BCUT2D eigenvalue weighted by Crippen LogP contribution is -2.50. The molecular weight excluding hydrogens is 230 g/mol. The highest BCUT2D eigenvalue weighted by Gasteiger charge is 2.36. The second-order valence-electron chi connectivity index (χ2n) is 5.77. The molecule has 0 aromatic carbocycles. The van der Waals surface area contributed by atoms with Crippen molar-refractivity contribution in [2.24, 2.45) is 5.41 Å². The number of piperidine rings is 1. The third-order valence-corrected chi connectivity index (χ3v) is 4.33. The summed E-state index contributed by atoms with van der Waals surface area (Å²) < 4.78 is 5.51. The van der Waals surface area contributed by atoms with Crippen LogP contribution in [0.25, 0.3) is 0 Å². The number of hydrogen-bond acceptors (Lipinski definition) is 4. The number of rotatable bonds is 5. The Balaban J connectivity index is 1.97. The van der Waals surface area contributed by atoms with E-state index in [4.69, 9.17) is 9.84 Å². The second kappa shape index (κ2) is 6.64. The predicted molar refractivity (Wildman–Crippen MR) is 69.5 cm³/mol. The van der Waals surface area contributed by atoms with Crippen LogP contribution in [0.4, 0.5) is 0 Å². The highest BCUT2D eigenvalue weighted by atomic mass is 16.5. The van der Waals surface area contributed by atoms with Crippen LogP contribution in [0.15, 0.2) is 0 Å². The summed E-state index contributed by atoms with van der Waals surface area (Å²) in [5.41, 5.74) is -0.302. The monoisotopic (exact) mass is 255 g/mol. The Morgan fingerprint density at radius 3 is 2.94 bits per heavy atom. The summed E-state index contributed by atoms with van der Waals surface area (Å²) in [5, 5.41) is 9.14. The molecule has 4 nitrogen and oxygen atoms in total. The largest absolute Gasteiger partial charge is 0.396 e. The first-order chi connectivity index (χ1) is 8.79. The van der Waals surface area contributed by atoms with E-state index in [2.05, 4.69) is 4.90 Å². The summed E-state index contributed by atoms with van der Waals surface area (Å²) in [6, 6.07) is 0.447. The number of hydrogen-bond donors (Lipinski definition) is 1. The molecule has 0 amide bonds. The van der Waals surface area contributed by atoms with E-state index in [1.807, 2.05) is 0 Å². The standard InChI is InChI=1S/C14H25NO3/c16-8-5-13-4-1-2-7-15(13)10-14(11-17)6-3-9-18-12-14/h11,13,16H,1-10,12H2. The molecular formula is C14H25NO3. The fourth-order valence-corrected chi connectivity index (χ4v) is 3.28. The van der Waals surface area contributed by atoms with Gasteiger partial charge in [-0.25, -0.2) is 0 Å². The molecule has 0 aliphatic carbocycles. The van der Waals surface area contributed by atoms with Gasteiger partial charge >= 0.3 is 0 Å². The summed E-state index contributed by atoms with van der Waals surface area (Å²) in [5.74, 6) is 0. The van der Waals surface area contributed by atoms with Gasteiger partial charge in [-0.15, -0.1) is 0 Å². The Labute approximate surface area is 109 Å². The van der Waals surface area contributed by atoms with Crippen LogP contribution in [0.3, 0.4) is 0 Å². The molecule has 2 atom stereocenters. The number of carbonyl (C=O) groups is 1. The third kappa shape index (κ3) is 3.31. The van der Waals surface area contributed by atoms with Gasteiger partial charge in [-0.1, -0.05) is 6.42 Å². The molecule has 0 aromatic rings. The summed E-state index contributed by atoms with van der Waals surface area (Å²) in [4.78, 5) is 13.9. The molecule has 1 N–H and O–H groups in total. The minimum Gasteiger partial charge on any atom is -0.396 e. The zero-order chi connectivity index (χ0) is 12.8. The number of aldehydes is 1. The Hall–Kier alpha value is -0.450. The first-order valence-corrected chi connectivity index (χ1v) is 7.19. The van der Waals surface area contributed by atoms with Gasteiger partial charge in [0.1, 0.15) is 6.29 Å². The second-order valence-corrected chi connectivity index (χ2v) is 5.77. The zero-order valence-electron chi connectivity index (χ0n) is 11.1. The van der Waals surface area contributed by atoms with Gasteiger partial charge in [-0.2, -0.15) is 0 Å². The van der Waals surface area contributed by atoms with E-state index in [0.717, 1.165) is 51.7 Å². The van der Waals surface area contributed by atoms with Crippen molar-refractivity contribution in [2.45, 2.75) is 44.6 Å². The highest BCUT2D eigenvalue weighted by molar-refractivity contribution is 5.60. The molecule has 2 fully saturated rings. The van der Waals surface area contributed by atoms with Gasteiger partial charge in [0, 0.05) is 25.8 Å². The molecule has 2 aliphatic rings. The number of aliphatic hydroxyl groups is 1. The van der Waals surface area contributed by atoms with Crippen LogP contribution in [0.1, 0.15) is 38.5 Å². The molecule has 0 bridgehead atoms. The molecule has 0 spiro atoms. The topological polar surface area (TPSA) is 49.8 Å². The van der Waals surface area contributed by atoms with Crippen LogP contribution in [0, 0.1) is 5.41 Å². The maximum absolute atomic E-state index is 11.5. The Kier molecular flexibility index (Phi) is 5.15. The van der Waals surface area contributed by atoms with Gasteiger partial charge in [0.2, 0.25) is 0 Å². The number of ether oxygens (including phenoxy) is 1. The minimum atomic E-state index is -0.302. The van der Waals surface area contributed by atoms with Crippen molar-refractivity contribution in [3.63, 3.8) is 0 Å². The molecule has 2 unspecified atom stereocenters. The molecule has 4 heteroatoms. The molecule has 2 saturated heterocycles. The average Bonchev–Trinajstić information content (AvgIpc) is 2.42. The highest BCUT2D eigenvalue weighted by Crippen LogP contribution is 2.30. The fraction of sp³-hybridized carbons (Fsp3) is 0.929. The first kappa shape index (κ1) is 14.0. The average molecular weight is 255 g/mol. The van der Waals surface area contributed by atoms with Crippen LogP contribution in [-0.2, 0) is 9.53 Å². The SMILES string of the molecule is O=CC1(CN2CCCCC2CCO)CCCOC1. The van der Waals surface area contributed by atoms with E-state index in [0.29, 0.717) is 12.6 Å². The van der Waals surface area contributed by atoms with Crippen molar-refractivity contribution in [1.29, 1.82) is 0 Å². The smallest absolute Gasteiger partial charge is 0.129 e. The number of likely N-dealkylation sites (tertiary alicyclic amines) is 1. The Morgan fingerprint density at radius 2 is 2.28 bits per heavy atom. The lowest BCUT2D eigenvalue weighted by Gasteiger charge is -2.42. The van der Waals surface area contributed by atoms with E-state index in [1.165, 1.54) is 12.8 Å². The molecule has 2 aliphatic heterocycles. The van der Waals surface area contributed by atoms with Crippen molar-refractivity contribution in [3.05, 3.63) is 0 Å². The Morgan fingerprint density at radius 1 is 1.39 bits per heavy atom.